The van der Waals surface area contributed by atoms with E-state index in [1.165, 1.54) is 6.07 Å². The summed E-state index contributed by atoms with van der Waals surface area (Å²) in [5.41, 5.74) is 1.63. The molecule has 0 spiro atoms. The normalized spacial score (nSPS) is 10.7. The Labute approximate surface area is 104 Å². The summed E-state index contributed by atoms with van der Waals surface area (Å²) < 4.78 is 0.721. The zero-order valence-electron chi connectivity index (χ0n) is 9.40. The molecule has 0 bridgehead atoms. The predicted molar refractivity (Wildman–Crippen MR) is 71.7 cm³/mol. The van der Waals surface area contributed by atoms with Gasteiger partial charge < -0.3 is 4.90 Å². The van der Waals surface area contributed by atoms with Crippen molar-refractivity contribution in [3.63, 3.8) is 0 Å². The third-order valence-electron chi connectivity index (χ3n) is 2.07. The minimum atomic E-state index is -0.368. The molecule has 4 nitrogen and oxygen atoms in total. The summed E-state index contributed by atoms with van der Waals surface area (Å²) in [7, 11) is 5.60. The molecule has 0 aliphatic carbocycles. The molecule has 0 amide bonds. The van der Waals surface area contributed by atoms with Gasteiger partial charge in [0.25, 0.3) is 5.69 Å². The molecule has 0 aliphatic rings. The summed E-state index contributed by atoms with van der Waals surface area (Å²) in [6.45, 7) is 0. The van der Waals surface area contributed by atoms with E-state index >= 15 is 0 Å². The summed E-state index contributed by atoms with van der Waals surface area (Å²) in [4.78, 5) is 12.4. The van der Waals surface area contributed by atoms with E-state index in [1.807, 2.05) is 32.9 Å². The molecule has 1 aromatic rings. The van der Waals surface area contributed by atoms with Crippen molar-refractivity contribution in [3.8, 4) is 0 Å². The molecule has 6 heteroatoms. The molecular weight excluding hydrogens is 271 g/mol. The highest BCUT2D eigenvalue weighted by molar-refractivity contribution is 9.10. The van der Waals surface area contributed by atoms with Crippen LogP contribution in [-0.2, 0) is 0 Å². The first-order chi connectivity index (χ1) is 7.41. The van der Waals surface area contributed by atoms with Gasteiger partial charge >= 0.3 is 0 Å². The van der Waals surface area contributed by atoms with Gasteiger partial charge in [-0.15, -0.1) is 0 Å². The quantitative estimate of drug-likeness (QED) is 0.475. The Morgan fingerprint density at radius 3 is 2.62 bits per heavy atom. The van der Waals surface area contributed by atoms with Gasteiger partial charge in [0.05, 0.1) is 4.92 Å². The molecular formula is C10H12BBrN2O2. The topological polar surface area (TPSA) is 46.4 Å². The van der Waals surface area contributed by atoms with Gasteiger partial charge in [0.2, 0.25) is 0 Å². The van der Waals surface area contributed by atoms with Gasteiger partial charge in [-0.3, -0.25) is 10.1 Å². The SMILES string of the molecule is Bc1cc(Br)cc([N+](=O)[O-])c1/C=C/N(C)C. The van der Waals surface area contributed by atoms with E-state index in [2.05, 4.69) is 15.9 Å². The lowest BCUT2D eigenvalue weighted by molar-refractivity contribution is -0.385. The fraction of sp³-hybridized carbons (Fsp3) is 0.200. The van der Waals surface area contributed by atoms with Crippen LogP contribution < -0.4 is 5.46 Å². The zero-order chi connectivity index (χ0) is 12.3. The van der Waals surface area contributed by atoms with Crippen molar-refractivity contribution >= 4 is 41.0 Å². The summed E-state index contributed by atoms with van der Waals surface area (Å²) in [6, 6.07) is 3.38. The first-order valence-electron chi connectivity index (χ1n) is 4.71. The van der Waals surface area contributed by atoms with E-state index < -0.39 is 0 Å². The molecule has 0 aromatic heterocycles. The third-order valence-corrected chi connectivity index (χ3v) is 2.52. The maximum absolute atomic E-state index is 10.9. The first-order valence-corrected chi connectivity index (χ1v) is 5.50. The maximum atomic E-state index is 10.9. The van der Waals surface area contributed by atoms with E-state index in [-0.39, 0.29) is 10.6 Å². The number of nitrogens with zero attached hydrogens (tertiary/aromatic N) is 2. The number of halogens is 1. The van der Waals surface area contributed by atoms with Gasteiger partial charge in [-0.25, -0.2) is 0 Å². The van der Waals surface area contributed by atoms with Crippen LogP contribution in [-0.4, -0.2) is 31.8 Å². The van der Waals surface area contributed by atoms with E-state index in [1.54, 1.807) is 12.3 Å². The average molecular weight is 283 g/mol. The Morgan fingerprint density at radius 2 is 2.12 bits per heavy atom. The standard InChI is InChI=1S/C10H12BBrN2O2/c1-13(2)4-3-8-9(11)5-7(12)6-10(8)14(15)16/h3-6H,11H2,1-2H3/b4-3+. The highest BCUT2D eigenvalue weighted by Crippen LogP contribution is 2.22. The van der Waals surface area contributed by atoms with Crippen molar-refractivity contribution in [3.05, 3.63) is 38.5 Å². The lowest BCUT2D eigenvalue weighted by Gasteiger charge is -2.06. The second-order valence-electron chi connectivity index (χ2n) is 3.69. The van der Waals surface area contributed by atoms with Gasteiger partial charge in [0.1, 0.15) is 7.85 Å². The van der Waals surface area contributed by atoms with Crippen molar-refractivity contribution in [2.24, 2.45) is 0 Å². The van der Waals surface area contributed by atoms with Gasteiger partial charge in [-0.2, -0.15) is 0 Å². The molecule has 0 fully saturated rings. The third kappa shape index (κ3) is 3.10. The number of hydrogen-bond acceptors (Lipinski definition) is 3. The number of hydrogen-bond donors (Lipinski definition) is 0. The van der Waals surface area contributed by atoms with Crippen LogP contribution in [0.1, 0.15) is 5.56 Å². The number of benzene rings is 1. The predicted octanol–water partition coefficient (Wildman–Crippen LogP) is 1.15. The maximum Gasteiger partial charge on any atom is 0.277 e. The van der Waals surface area contributed by atoms with E-state index in [9.17, 15) is 10.1 Å². The van der Waals surface area contributed by atoms with Crippen molar-refractivity contribution in [2.75, 3.05) is 14.1 Å². The summed E-state index contributed by atoms with van der Waals surface area (Å²) >= 11 is 3.26. The van der Waals surface area contributed by atoms with E-state index in [4.69, 9.17) is 0 Å². The van der Waals surface area contributed by atoms with Crippen LogP contribution in [0.25, 0.3) is 6.08 Å². The van der Waals surface area contributed by atoms with Crippen LogP contribution >= 0.6 is 15.9 Å². The highest BCUT2D eigenvalue weighted by Gasteiger charge is 2.14. The minimum absolute atomic E-state index is 0.116. The highest BCUT2D eigenvalue weighted by atomic mass is 79.9. The molecule has 1 aromatic carbocycles. The van der Waals surface area contributed by atoms with Crippen LogP contribution in [0.5, 0.6) is 0 Å². The number of nitro benzene ring substituents is 1. The molecule has 1 rings (SSSR count). The molecule has 84 valence electrons. The Bertz CT molecular complexity index is 447. The second kappa shape index (κ2) is 5.16. The van der Waals surface area contributed by atoms with Crippen LogP contribution in [0.3, 0.4) is 0 Å². The van der Waals surface area contributed by atoms with Crippen LogP contribution in [0, 0.1) is 10.1 Å². The Hall–Kier alpha value is -1.30. The largest absolute Gasteiger partial charge is 0.383 e. The molecule has 0 unspecified atom stereocenters. The van der Waals surface area contributed by atoms with Gasteiger partial charge in [-0.05, 0) is 12.3 Å². The van der Waals surface area contributed by atoms with Crippen LogP contribution in [0.15, 0.2) is 22.8 Å². The molecule has 0 N–H and O–H groups in total. The van der Waals surface area contributed by atoms with Crippen molar-refractivity contribution < 1.29 is 4.92 Å². The Morgan fingerprint density at radius 1 is 1.50 bits per heavy atom. The van der Waals surface area contributed by atoms with Crippen LogP contribution in [0.2, 0.25) is 0 Å². The van der Waals surface area contributed by atoms with Crippen molar-refractivity contribution in [1.82, 2.24) is 4.90 Å². The van der Waals surface area contributed by atoms with Crippen LogP contribution in [0.4, 0.5) is 5.69 Å². The van der Waals surface area contributed by atoms with E-state index in [0.717, 1.165) is 9.94 Å². The number of nitro groups is 1. The summed E-state index contributed by atoms with van der Waals surface area (Å²) in [6.07, 6.45) is 3.54. The number of rotatable bonds is 3. The van der Waals surface area contributed by atoms with E-state index in [0.29, 0.717) is 5.56 Å². The summed E-state index contributed by atoms with van der Waals surface area (Å²) in [5, 5.41) is 10.9. The van der Waals surface area contributed by atoms with Gasteiger partial charge in [0, 0.05) is 30.2 Å². The van der Waals surface area contributed by atoms with Crippen molar-refractivity contribution in [2.45, 2.75) is 0 Å². The second-order valence-corrected chi connectivity index (χ2v) is 4.61. The Kier molecular flexibility index (Phi) is 4.12. The Balaban J connectivity index is 3.30. The molecule has 0 heterocycles. The molecule has 16 heavy (non-hydrogen) atoms. The molecule has 0 atom stereocenters. The minimum Gasteiger partial charge on any atom is -0.383 e. The molecule has 0 saturated carbocycles. The first kappa shape index (κ1) is 12.8. The molecule has 0 aliphatic heterocycles. The molecule has 0 radical (unpaired) electrons. The lowest BCUT2D eigenvalue weighted by Crippen LogP contribution is -2.11. The van der Waals surface area contributed by atoms with Gasteiger partial charge in [-0.1, -0.05) is 27.5 Å². The monoisotopic (exact) mass is 282 g/mol. The average Bonchev–Trinajstić information content (AvgIpc) is 2.14. The fourth-order valence-corrected chi connectivity index (χ4v) is 1.89. The fourth-order valence-electron chi connectivity index (χ4n) is 1.33. The van der Waals surface area contributed by atoms with Gasteiger partial charge in [0.15, 0.2) is 0 Å². The lowest BCUT2D eigenvalue weighted by atomic mass is 9.89. The summed E-state index contributed by atoms with van der Waals surface area (Å²) in [5.74, 6) is 0. The zero-order valence-corrected chi connectivity index (χ0v) is 11.0. The molecule has 0 saturated heterocycles. The smallest absolute Gasteiger partial charge is 0.277 e. The van der Waals surface area contributed by atoms with Crippen molar-refractivity contribution in [1.29, 1.82) is 0 Å².